The van der Waals surface area contributed by atoms with Crippen LogP contribution in [-0.4, -0.2) is 53.6 Å². The van der Waals surface area contributed by atoms with Gasteiger partial charge in [-0.15, -0.1) is 0 Å². The van der Waals surface area contributed by atoms with E-state index in [2.05, 4.69) is 6.92 Å². The first kappa shape index (κ1) is 13.8. The first-order valence-corrected chi connectivity index (χ1v) is 6.11. The molecule has 2 amide bonds. The van der Waals surface area contributed by atoms with Gasteiger partial charge in [-0.1, -0.05) is 19.8 Å². The SMILES string of the molecule is CC1CCCC(N(C)C(=O)N(C)CC(=O)O)C1. The highest BCUT2D eigenvalue weighted by Gasteiger charge is 2.27. The molecule has 0 spiro atoms. The molecule has 0 aromatic carbocycles. The number of hydrogen-bond donors (Lipinski definition) is 1. The predicted molar refractivity (Wildman–Crippen MR) is 64.8 cm³/mol. The topological polar surface area (TPSA) is 60.9 Å². The molecule has 17 heavy (non-hydrogen) atoms. The molecule has 0 saturated heterocycles. The molecule has 5 heteroatoms. The van der Waals surface area contributed by atoms with Crippen molar-refractivity contribution in [2.45, 2.75) is 38.6 Å². The van der Waals surface area contributed by atoms with Gasteiger partial charge in [0.15, 0.2) is 0 Å². The number of hydrogen-bond acceptors (Lipinski definition) is 2. The lowest BCUT2D eigenvalue weighted by Crippen LogP contribution is -2.47. The average Bonchev–Trinajstić information content (AvgIpc) is 2.26. The molecule has 2 unspecified atom stereocenters. The number of urea groups is 1. The third-order valence-corrected chi connectivity index (χ3v) is 3.46. The maximum atomic E-state index is 12.0. The van der Waals surface area contributed by atoms with Gasteiger partial charge in [0.05, 0.1) is 0 Å². The lowest BCUT2D eigenvalue weighted by atomic mass is 9.86. The van der Waals surface area contributed by atoms with Crippen LogP contribution in [0.15, 0.2) is 0 Å². The van der Waals surface area contributed by atoms with Crippen LogP contribution in [0, 0.1) is 5.92 Å². The zero-order valence-electron chi connectivity index (χ0n) is 10.8. The van der Waals surface area contributed by atoms with Crippen LogP contribution in [-0.2, 0) is 4.79 Å². The number of rotatable bonds is 3. The summed E-state index contributed by atoms with van der Waals surface area (Å²) in [4.78, 5) is 25.5. The lowest BCUT2D eigenvalue weighted by molar-refractivity contribution is -0.137. The van der Waals surface area contributed by atoms with Crippen LogP contribution in [0.5, 0.6) is 0 Å². The van der Waals surface area contributed by atoms with E-state index in [1.54, 1.807) is 11.9 Å². The van der Waals surface area contributed by atoms with Crippen LogP contribution in [0.2, 0.25) is 0 Å². The molecule has 0 aliphatic heterocycles. The van der Waals surface area contributed by atoms with Crippen molar-refractivity contribution in [2.75, 3.05) is 20.6 Å². The van der Waals surface area contributed by atoms with Crippen molar-refractivity contribution >= 4 is 12.0 Å². The van der Waals surface area contributed by atoms with Gasteiger partial charge < -0.3 is 14.9 Å². The van der Waals surface area contributed by atoms with Crippen molar-refractivity contribution in [1.29, 1.82) is 0 Å². The summed E-state index contributed by atoms with van der Waals surface area (Å²) in [7, 11) is 3.29. The molecule has 0 aromatic rings. The van der Waals surface area contributed by atoms with Crippen LogP contribution < -0.4 is 0 Å². The van der Waals surface area contributed by atoms with E-state index >= 15 is 0 Å². The normalized spacial score (nSPS) is 24.2. The fourth-order valence-corrected chi connectivity index (χ4v) is 2.45. The zero-order chi connectivity index (χ0) is 13.0. The first-order valence-electron chi connectivity index (χ1n) is 6.11. The second kappa shape index (κ2) is 5.89. The Bertz CT molecular complexity index is 293. The second-order valence-electron chi connectivity index (χ2n) is 5.07. The minimum Gasteiger partial charge on any atom is -0.480 e. The van der Waals surface area contributed by atoms with Gasteiger partial charge in [-0.2, -0.15) is 0 Å². The highest BCUT2D eigenvalue weighted by atomic mass is 16.4. The van der Waals surface area contributed by atoms with Crippen molar-refractivity contribution in [3.05, 3.63) is 0 Å². The summed E-state index contributed by atoms with van der Waals surface area (Å²) in [6.45, 7) is 1.96. The molecule has 1 aliphatic carbocycles. The molecule has 1 rings (SSSR count). The number of nitrogens with zero attached hydrogens (tertiary/aromatic N) is 2. The smallest absolute Gasteiger partial charge is 0.323 e. The average molecular weight is 242 g/mol. The quantitative estimate of drug-likeness (QED) is 0.818. The second-order valence-corrected chi connectivity index (χ2v) is 5.07. The Labute approximate surface area is 102 Å². The van der Waals surface area contributed by atoms with Gasteiger partial charge in [-0.25, -0.2) is 4.79 Å². The Hall–Kier alpha value is -1.26. The Kier molecular flexibility index (Phi) is 4.78. The summed E-state index contributed by atoms with van der Waals surface area (Å²) in [6, 6.07) is 0.0500. The van der Waals surface area contributed by atoms with Gasteiger partial charge in [0.2, 0.25) is 0 Å². The van der Waals surface area contributed by atoms with E-state index in [1.165, 1.54) is 18.4 Å². The van der Waals surface area contributed by atoms with Gasteiger partial charge in [0.25, 0.3) is 0 Å². The van der Waals surface area contributed by atoms with Crippen molar-refractivity contribution in [3.63, 3.8) is 0 Å². The zero-order valence-corrected chi connectivity index (χ0v) is 10.8. The van der Waals surface area contributed by atoms with Crippen molar-refractivity contribution in [2.24, 2.45) is 5.92 Å². The van der Waals surface area contributed by atoms with Crippen LogP contribution in [0.1, 0.15) is 32.6 Å². The molecule has 1 fully saturated rings. The fourth-order valence-electron chi connectivity index (χ4n) is 2.45. The molecule has 98 valence electrons. The number of aliphatic carboxylic acids is 1. The van der Waals surface area contributed by atoms with E-state index in [9.17, 15) is 9.59 Å². The summed E-state index contributed by atoms with van der Waals surface area (Å²) < 4.78 is 0. The standard InChI is InChI=1S/C12H22N2O3/c1-9-5-4-6-10(7-9)14(3)12(17)13(2)8-11(15)16/h9-10H,4-8H2,1-3H3,(H,15,16). The third kappa shape index (κ3) is 3.91. The largest absolute Gasteiger partial charge is 0.480 e. The fraction of sp³-hybridized carbons (Fsp3) is 0.833. The van der Waals surface area contributed by atoms with E-state index in [1.807, 2.05) is 0 Å². The molecule has 0 bridgehead atoms. The number of carboxylic acids is 1. The van der Waals surface area contributed by atoms with Crippen LogP contribution in [0.4, 0.5) is 4.79 Å². The summed E-state index contributed by atoms with van der Waals surface area (Å²) in [6.07, 6.45) is 4.41. The van der Waals surface area contributed by atoms with Gasteiger partial charge in [-0.3, -0.25) is 4.79 Å². The Morgan fingerprint density at radius 1 is 1.29 bits per heavy atom. The maximum Gasteiger partial charge on any atom is 0.323 e. The van der Waals surface area contributed by atoms with Gasteiger partial charge in [0.1, 0.15) is 6.54 Å². The third-order valence-electron chi connectivity index (χ3n) is 3.46. The summed E-state index contributed by atoms with van der Waals surface area (Å²) in [5, 5.41) is 8.65. The monoisotopic (exact) mass is 242 g/mol. The number of carbonyl (C=O) groups excluding carboxylic acids is 1. The van der Waals surface area contributed by atoms with Crippen LogP contribution in [0.25, 0.3) is 0 Å². The van der Waals surface area contributed by atoms with E-state index in [0.717, 1.165) is 19.3 Å². The number of amides is 2. The maximum absolute atomic E-state index is 12.0. The van der Waals surface area contributed by atoms with E-state index in [0.29, 0.717) is 5.92 Å². The molecular weight excluding hydrogens is 220 g/mol. The van der Waals surface area contributed by atoms with Gasteiger partial charge in [0, 0.05) is 20.1 Å². The van der Waals surface area contributed by atoms with E-state index in [-0.39, 0.29) is 18.6 Å². The molecular formula is C12H22N2O3. The lowest BCUT2D eigenvalue weighted by Gasteiger charge is -2.35. The molecule has 5 nitrogen and oxygen atoms in total. The molecule has 0 radical (unpaired) electrons. The van der Waals surface area contributed by atoms with Crippen LogP contribution in [0.3, 0.4) is 0 Å². The molecule has 0 aromatic heterocycles. The van der Waals surface area contributed by atoms with Gasteiger partial charge >= 0.3 is 12.0 Å². The minimum atomic E-state index is -0.980. The molecule has 1 N–H and O–H groups in total. The minimum absolute atomic E-state index is 0.202. The number of carboxylic acid groups (broad SMARTS) is 1. The Morgan fingerprint density at radius 2 is 1.94 bits per heavy atom. The summed E-state index contributed by atoms with van der Waals surface area (Å²) >= 11 is 0. The van der Waals surface area contributed by atoms with E-state index < -0.39 is 5.97 Å². The van der Waals surface area contributed by atoms with Crippen LogP contribution >= 0.6 is 0 Å². The highest BCUT2D eigenvalue weighted by Crippen LogP contribution is 2.26. The molecule has 1 aliphatic rings. The van der Waals surface area contributed by atoms with Gasteiger partial charge in [-0.05, 0) is 18.8 Å². The Morgan fingerprint density at radius 3 is 2.47 bits per heavy atom. The van der Waals surface area contributed by atoms with E-state index in [4.69, 9.17) is 5.11 Å². The summed E-state index contributed by atoms with van der Waals surface area (Å²) in [5.41, 5.74) is 0. The Balaban J connectivity index is 2.53. The molecule has 1 saturated carbocycles. The van der Waals surface area contributed by atoms with Crippen molar-refractivity contribution < 1.29 is 14.7 Å². The molecule has 2 atom stereocenters. The van der Waals surface area contributed by atoms with Crippen molar-refractivity contribution in [3.8, 4) is 0 Å². The summed E-state index contributed by atoms with van der Waals surface area (Å²) in [5.74, 6) is -0.333. The van der Waals surface area contributed by atoms with Crippen molar-refractivity contribution in [1.82, 2.24) is 9.80 Å². The molecule has 0 heterocycles. The first-order chi connectivity index (χ1) is 7.91. The predicted octanol–water partition coefficient (Wildman–Crippen LogP) is 1.63. The highest BCUT2D eigenvalue weighted by molar-refractivity contribution is 5.79. The number of likely N-dealkylation sites (N-methyl/N-ethyl adjacent to an activating group) is 1. The number of carbonyl (C=O) groups is 2.